The van der Waals surface area contributed by atoms with Gasteiger partial charge in [0.15, 0.2) is 0 Å². The van der Waals surface area contributed by atoms with E-state index in [1.807, 2.05) is 0 Å². The van der Waals surface area contributed by atoms with Gasteiger partial charge in [0.1, 0.15) is 0 Å². The van der Waals surface area contributed by atoms with Crippen molar-refractivity contribution in [2.75, 3.05) is 25.6 Å². The third-order valence-electron chi connectivity index (χ3n) is 2.52. The number of ether oxygens (including phenoxy) is 1. The zero-order valence-corrected chi connectivity index (χ0v) is 9.92. The van der Waals surface area contributed by atoms with Gasteiger partial charge in [-0.05, 0) is 31.4 Å². The molecule has 0 aliphatic rings. The van der Waals surface area contributed by atoms with Crippen molar-refractivity contribution in [1.29, 1.82) is 0 Å². The third-order valence-corrected chi connectivity index (χ3v) is 2.52. The van der Waals surface area contributed by atoms with Crippen LogP contribution in [0.3, 0.4) is 0 Å². The van der Waals surface area contributed by atoms with Crippen LogP contribution in [0, 0.1) is 12.8 Å². The van der Waals surface area contributed by atoms with Crippen LogP contribution in [0.2, 0.25) is 0 Å². The second-order valence-electron chi connectivity index (χ2n) is 4.13. The largest absolute Gasteiger partial charge is 0.385 e. The average Bonchev–Trinajstić information content (AvgIpc) is 2.25. The number of aryl methyl sites for hydroxylation is 1. The van der Waals surface area contributed by atoms with E-state index in [9.17, 15) is 0 Å². The lowest BCUT2D eigenvalue weighted by atomic mass is 10.1. The van der Waals surface area contributed by atoms with Crippen LogP contribution in [0.25, 0.3) is 0 Å². The minimum atomic E-state index is 0.645. The van der Waals surface area contributed by atoms with Crippen molar-refractivity contribution >= 4 is 5.69 Å². The molecular weight excluding hydrogens is 186 g/mol. The molecule has 2 heteroatoms. The smallest absolute Gasteiger partial charge is 0.0465 e. The van der Waals surface area contributed by atoms with Gasteiger partial charge in [0.25, 0.3) is 0 Å². The summed E-state index contributed by atoms with van der Waals surface area (Å²) in [5.74, 6) is 0.645. The fraction of sp³-hybridized carbons (Fsp3) is 0.538. The monoisotopic (exact) mass is 207 g/mol. The van der Waals surface area contributed by atoms with E-state index < -0.39 is 0 Å². The lowest BCUT2D eigenvalue weighted by molar-refractivity contribution is 0.182. The highest BCUT2D eigenvalue weighted by Gasteiger charge is 2.01. The fourth-order valence-electron chi connectivity index (χ4n) is 1.38. The maximum Gasteiger partial charge on any atom is 0.0465 e. The Morgan fingerprint density at radius 2 is 1.93 bits per heavy atom. The summed E-state index contributed by atoms with van der Waals surface area (Å²) in [5.41, 5.74) is 2.50. The second kappa shape index (κ2) is 6.46. The quantitative estimate of drug-likeness (QED) is 0.774. The number of benzene rings is 1. The number of nitrogens with one attached hydrogen (secondary N) is 1. The van der Waals surface area contributed by atoms with Crippen molar-refractivity contribution in [3.05, 3.63) is 29.8 Å². The van der Waals surface area contributed by atoms with Gasteiger partial charge in [0.05, 0.1) is 0 Å². The maximum absolute atomic E-state index is 5.05. The number of rotatable bonds is 6. The third kappa shape index (κ3) is 4.84. The number of methoxy groups -OCH3 is 1. The van der Waals surface area contributed by atoms with Crippen molar-refractivity contribution in [2.45, 2.75) is 20.3 Å². The van der Waals surface area contributed by atoms with Gasteiger partial charge in [0, 0.05) is 25.9 Å². The molecule has 0 saturated carbocycles. The molecule has 0 amide bonds. The number of hydrogen-bond acceptors (Lipinski definition) is 2. The van der Waals surface area contributed by atoms with E-state index in [0.29, 0.717) is 5.92 Å². The highest BCUT2D eigenvalue weighted by molar-refractivity contribution is 5.44. The van der Waals surface area contributed by atoms with Gasteiger partial charge in [-0.15, -0.1) is 0 Å². The van der Waals surface area contributed by atoms with Gasteiger partial charge in [-0.1, -0.05) is 24.6 Å². The van der Waals surface area contributed by atoms with Crippen LogP contribution in [0.5, 0.6) is 0 Å². The van der Waals surface area contributed by atoms with Crippen LogP contribution in [-0.4, -0.2) is 20.3 Å². The number of hydrogen-bond donors (Lipinski definition) is 1. The molecule has 0 aliphatic carbocycles. The maximum atomic E-state index is 5.05. The van der Waals surface area contributed by atoms with Gasteiger partial charge >= 0.3 is 0 Å². The average molecular weight is 207 g/mol. The van der Waals surface area contributed by atoms with E-state index in [1.54, 1.807) is 7.11 Å². The first-order valence-electron chi connectivity index (χ1n) is 5.52. The molecule has 1 unspecified atom stereocenters. The highest BCUT2D eigenvalue weighted by atomic mass is 16.5. The van der Waals surface area contributed by atoms with Crippen molar-refractivity contribution in [3.8, 4) is 0 Å². The minimum absolute atomic E-state index is 0.645. The van der Waals surface area contributed by atoms with Crippen molar-refractivity contribution in [1.82, 2.24) is 0 Å². The molecule has 0 spiro atoms. The summed E-state index contributed by atoms with van der Waals surface area (Å²) in [5, 5.41) is 3.42. The molecule has 0 heterocycles. The van der Waals surface area contributed by atoms with Gasteiger partial charge in [-0.25, -0.2) is 0 Å². The number of anilines is 1. The van der Waals surface area contributed by atoms with E-state index in [0.717, 1.165) is 19.6 Å². The van der Waals surface area contributed by atoms with Crippen molar-refractivity contribution in [2.24, 2.45) is 5.92 Å². The van der Waals surface area contributed by atoms with E-state index >= 15 is 0 Å². The first-order valence-corrected chi connectivity index (χ1v) is 5.52. The molecule has 1 atom stereocenters. The first-order chi connectivity index (χ1) is 7.22. The molecule has 1 N–H and O–H groups in total. The summed E-state index contributed by atoms with van der Waals surface area (Å²) in [4.78, 5) is 0. The van der Waals surface area contributed by atoms with Crippen molar-refractivity contribution in [3.63, 3.8) is 0 Å². The molecule has 84 valence electrons. The molecule has 0 saturated heterocycles. The van der Waals surface area contributed by atoms with E-state index in [2.05, 4.69) is 43.4 Å². The summed E-state index contributed by atoms with van der Waals surface area (Å²) in [6, 6.07) is 8.50. The Bertz CT molecular complexity index is 268. The molecule has 0 fully saturated rings. The lowest BCUT2D eigenvalue weighted by Crippen LogP contribution is -2.12. The van der Waals surface area contributed by atoms with Gasteiger partial charge in [0.2, 0.25) is 0 Å². The van der Waals surface area contributed by atoms with E-state index in [-0.39, 0.29) is 0 Å². The molecule has 0 aliphatic heterocycles. The molecule has 1 aromatic carbocycles. The van der Waals surface area contributed by atoms with Crippen LogP contribution in [0.1, 0.15) is 18.9 Å². The fourth-order valence-corrected chi connectivity index (χ4v) is 1.38. The zero-order valence-electron chi connectivity index (χ0n) is 9.92. The normalized spacial score (nSPS) is 12.5. The Hall–Kier alpha value is -1.02. The SMILES string of the molecule is COCCC(C)CNc1ccc(C)cc1. The van der Waals surface area contributed by atoms with Crippen LogP contribution in [-0.2, 0) is 4.74 Å². The predicted octanol–water partition coefficient (Wildman–Crippen LogP) is 3.08. The summed E-state index contributed by atoms with van der Waals surface area (Å²) in [6.45, 7) is 6.19. The summed E-state index contributed by atoms with van der Waals surface area (Å²) in [6.07, 6.45) is 1.11. The van der Waals surface area contributed by atoms with Gasteiger partial charge < -0.3 is 10.1 Å². The van der Waals surface area contributed by atoms with Crippen LogP contribution in [0.15, 0.2) is 24.3 Å². The second-order valence-corrected chi connectivity index (χ2v) is 4.13. The zero-order chi connectivity index (χ0) is 11.1. The predicted molar refractivity (Wildman–Crippen MR) is 65.3 cm³/mol. The topological polar surface area (TPSA) is 21.3 Å². The van der Waals surface area contributed by atoms with Gasteiger partial charge in [-0.2, -0.15) is 0 Å². The molecule has 1 aromatic rings. The Morgan fingerprint density at radius 3 is 2.53 bits per heavy atom. The lowest BCUT2D eigenvalue weighted by Gasteiger charge is -2.13. The van der Waals surface area contributed by atoms with Crippen LogP contribution < -0.4 is 5.32 Å². The summed E-state index contributed by atoms with van der Waals surface area (Å²) in [7, 11) is 1.75. The molecule has 15 heavy (non-hydrogen) atoms. The first kappa shape index (κ1) is 12.1. The molecule has 2 nitrogen and oxygen atoms in total. The molecular formula is C13H21NO. The summed E-state index contributed by atoms with van der Waals surface area (Å²) < 4.78 is 5.05. The highest BCUT2D eigenvalue weighted by Crippen LogP contribution is 2.10. The Labute approximate surface area is 92.6 Å². The Balaban J connectivity index is 2.27. The van der Waals surface area contributed by atoms with E-state index in [4.69, 9.17) is 4.74 Å². The minimum Gasteiger partial charge on any atom is -0.385 e. The van der Waals surface area contributed by atoms with Gasteiger partial charge in [-0.3, -0.25) is 0 Å². The molecule has 1 rings (SSSR count). The molecule has 0 radical (unpaired) electrons. The van der Waals surface area contributed by atoms with Crippen LogP contribution in [0.4, 0.5) is 5.69 Å². The van der Waals surface area contributed by atoms with Crippen LogP contribution >= 0.6 is 0 Å². The summed E-state index contributed by atoms with van der Waals surface area (Å²) >= 11 is 0. The standard InChI is InChI=1S/C13H21NO/c1-11-4-6-13(7-5-11)14-10-12(2)8-9-15-3/h4-7,12,14H,8-10H2,1-3H3. The van der Waals surface area contributed by atoms with Crippen molar-refractivity contribution < 1.29 is 4.74 Å². The molecule has 0 aromatic heterocycles. The Morgan fingerprint density at radius 1 is 1.27 bits per heavy atom. The van der Waals surface area contributed by atoms with E-state index in [1.165, 1.54) is 11.3 Å². The molecule has 0 bridgehead atoms. The Kier molecular flexibility index (Phi) is 5.19.